The first kappa shape index (κ1) is 10.5. The zero-order valence-electron chi connectivity index (χ0n) is 9.73. The molecule has 0 bridgehead atoms. The Bertz CT molecular complexity index is 562. The fraction of sp³-hybridized carbons (Fsp3) is 0.333. The van der Waals surface area contributed by atoms with Gasteiger partial charge in [-0.1, -0.05) is 18.2 Å². The van der Waals surface area contributed by atoms with E-state index in [1.807, 2.05) is 12.3 Å². The first-order valence-corrected chi connectivity index (χ1v) is 6.19. The Morgan fingerprint density at radius 3 is 3.06 bits per heavy atom. The largest absolute Gasteiger partial charge is 0.300 e. The SMILES string of the molecule is O=C1CCCC(c2ccc3cccnc3c2)C1. The Morgan fingerprint density at radius 1 is 1.24 bits per heavy atom. The van der Waals surface area contributed by atoms with Gasteiger partial charge in [-0.15, -0.1) is 0 Å². The van der Waals surface area contributed by atoms with Gasteiger partial charge in [-0.05, 0) is 36.5 Å². The van der Waals surface area contributed by atoms with Crippen LogP contribution in [0.3, 0.4) is 0 Å². The van der Waals surface area contributed by atoms with Crippen molar-refractivity contribution in [1.82, 2.24) is 4.98 Å². The van der Waals surface area contributed by atoms with Gasteiger partial charge >= 0.3 is 0 Å². The van der Waals surface area contributed by atoms with Crippen LogP contribution in [0.2, 0.25) is 0 Å². The van der Waals surface area contributed by atoms with E-state index in [-0.39, 0.29) is 0 Å². The molecule has 1 aliphatic carbocycles. The van der Waals surface area contributed by atoms with E-state index in [1.165, 1.54) is 10.9 Å². The molecule has 17 heavy (non-hydrogen) atoms. The molecule has 0 aliphatic heterocycles. The molecule has 1 aliphatic rings. The second-order valence-corrected chi connectivity index (χ2v) is 4.79. The maximum Gasteiger partial charge on any atom is 0.133 e. The van der Waals surface area contributed by atoms with Gasteiger partial charge in [0.1, 0.15) is 5.78 Å². The van der Waals surface area contributed by atoms with E-state index >= 15 is 0 Å². The van der Waals surface area contributed by atoms with Gasteiger partial charge in [0.15, 0.2) is 0 Å². The molecule has 1 atom stereocenters. The molecule has 0 spiro atoms. The Morgan fingerprint density at radius 2 is 2.18 bits per heavy atom. The summed E-state index contributed by atoms with van der Waals surface area (Å²) in [5.74, 6) is 0.810. The summed E-state index contributed by atoms with van der Waals surface area (Å²) in [4.78, 5) is 15.9. The van der Waals surface area contributed by atoms with Crippen LogP contribution < -0.4 is 0 Å². The molecule has 0 radical (unpaired) electrons. The summed E-state index contributed by atoms with van der Waals surface area (Å²) in [5.41, 5.74) is 2.30. The average Bonchev–Trinajstić information content (AvgIpc) is 2.38. The molecule has 1 aromatic heterocycles. The number of rotatable bonds is 1. The number of hydrogen-bond acceptors (Lipinski definition) is 2. The lowest BCUT2D eigenvalue weighted by Crippen LogP contribution is -2.13. The molecular weight excluding hydrogens is 210 g/mol. The predicted octanol–water partition coefficient (Wildman–Crippen LogP) is 3.46. The first-order chi connectivity index (χ1) is 8.33. The van der Waals surface area contributed by atoms with Gasteiger partial charge in [0.2, 0.25) is 0 Å². The van der Waals surface area contributed by atoms with Crippen molar-refractivity contribution < 1.29 is 4.79 Å². The molecule has 0 saturated heterocycles. The van der Waals surface area contributed by atoms with Crippen LogP contribution in [-0.4, -0.2) is 10.8 Å². The van der Waals surface area contributed by atoms with Crippen molar-refractivity contribution in [2.75, 3.05) is 0 Å². The van der Waals surface area contributed by atoms with Gasteiger partial charge in [0, 0.05) is 24.4 Å². The molecule has 1 aromatic carbocycles. The number of ketones is 1. The zero-order valence-corrected chi connectivity index (χ0v) is 9.73. The molecule has 2 aromatic rings. The summed E-state index contributed by atoms with van der Waals surface area (Å²) in [7, 11) is 0. The van der Waals surface area contributed by atoms with Crippen LogP contribution in [0.4, 0.5) is 0 Å². The fourth-order valence-electron chi connectivity index (χ4n) is 2.65. The number of aromatic nitrogens is 1. The molecule has 2 heteroatoms. The van der Waals surface area contributed by atoms with Gasteiger partial charge in [0.05, 0.1) is 5.52 Å². The summed E-state index contributed by atoms with van der Waals surface area (Å²) in [6.45, 7) is 0. The number of carbonyl (C=O) groups excluding carboxylic acids is 1. The van der Waals surface area contributed by atoms with E-state index in [1.54, 1.807) is 0 Å². The number of Topliss-reactive ketones (excluding diaryl/α,β-unsaturated/α-hetero) is 1. The van der Waals surface area contributed by atoms with E-state index in [4.69, 9.17) is 0 Å². The minimum absolute atomic E-state index is 0.405. The Hall–Kier alpha value is -1.70. The molecule has 3 rings (SSSR count). The van der Waals surface area contributed by atoms with Crippen molar-refractivity contribution in [3.63, 3.8) is 0 Å². The van der Waals surface area contributed by atoms with Gasteiger partial charge in [-0.3, -0.25) is 9.78 Å². The highest BCUT2D eigenvalue weighted by Gasteiger charge is 2.20. The smallest absolute Gasteiger partial charge is 0.133 e. The van der Waals surface area contributed by atoms with Crippen LogP contribution in [0.25, 0.3) is 10.9 Å². The maximum atomic E-state index is 11.5. The highest BCUT2D eigenvalue weighted by atomic mass is 16.1. The average molecular weight is 225 g/mol. The van der Waals surface area contributed by atoms with E-state index in [0.717, 1.165) is 24.8 Å². The number of carbonyl (C=O) groups is 1. The van der Waals surface area contributed by atoms with E-state index in [9.17, 15) is 4.79 Å². The summed E-state index contributed by atoms with van der Waals surface area (Å²) < 4.78 is 0. The van der Waals surface area contributed by atoms with Crippen molar-refractivity contribution in [3.8, 4) is 0 Å². The molecule has 0 N–H and O–H groups in total. The third-order valence-electron chi connectivity index (χ3n) is 3.58. The van der Waals surface area contributed by atoms with Crippen LogP contribution in [0.5, 0.6) is 0 Å². The van der Waals surface area contributed by atoms with Crippen LogP contribution in [0.1, 0.15) is 37.2 Å². The Balaban J connectivity index is 1.97. The van der Waals surface area contributed by atoms with Crippen molar-refractivity contribution in [2.45, 2.75) is 31.6 Å². The van der Waals surface area contributed by atoms with Crippen molar-refractivity contribution in [2.24, 2.45) is 0 Å². The maximum absolute atomic E-state index is 11.5. The molecule has 1 unspecified atom stereocenters. The van der Waals surface area contributed by atoms with Gasteiger partial charge in [0.25, 0.3) is 0 Å². The standard InChI is InChI=1S/C15H15NO/c17-14-5-1-3-12(9-14)13-7-6-11-4-2-8-16-15(11)10-13/h2,4,6-8,10,12H,1,3,5,9H2. The van der Waals surface area contributed by atoms with Crippen LogP contribution in [0.15, 0.2) is 36.5 Å². The molecule has 2 nitrogen and oxygen atoms in total. The Labute approximate surface area is 101 Å². The normalized spacial score (nSPS) is 20.7. The zero-order chi connectivity index (χ0) is 11.7. The third kappa shape index (κ3) is 2.07. The van der Waals surface area contributed by atoms with Crippen LogP contribution in [0, 0.1) is 0 Å². The topological polar surface area (TPSA) is 30.0 Å². The lowest BCUT2D eigenvalue weighted by molar-refractivity contribution is -0.120. The van der Waals surface area contributed by atoms with Gasteiger partial charge in [-0.25, -0.2) is 0 Å². The summed E-state index contributed by atoms with van der Waals surface area (Å²) in [5, 5.41) is 1.17. The number of fused-ring (bicyclic) bond motifs is 1. The quantitative estimate of drug-likeness (QED) is 0.744. The lowest BCUT2D eigenvalue weighted by Gasteiger charge is -2.21. The highest BCUT2D eigenvalue weighted by Crippen LogP contribution is 2.32. The van der Waals surface area contributed by atoms with Crippen molar-refractivity contribution >= 4 is 16.7 Å². The molecule has 1 saturated carbocycles. The van der Waals surface area contributed by atoms with Crippen LogP contribution >= 0.6 is 0 Å². The number of hydrogen-bond donors (Lipinski definition) is 0. The summed E-state index contributed by atoms with van der Waals surface area (Å²) in [6.07, 6.45) is 5.45. The Kier molecular flexibility index (Phi) is 2.63. The summed E-state index contributed by atoms with van der Waals surface area (Å²) >= 11 is 0. The second-order valence-electron chi connectivity index (χ2n) is 4.79. The lowest BCUT2D eigenvalue weighted by atomic mass is 9.83. The first-order valence-electron chi connectivity index (χ1n) is 6.19. The molecule has 0 amide bonds. The predicted molar refractivity (Wildman–Crippen MR) is 68.0 cm³/mol. The van der Waals surface area contributed by atoms with E-state index < -0.39 is 0 Å². The molecular formula is C15H15NO. The molecule has 1 fully saturated rings. The number of benzene rings is 1. The fourth-order valence-corrected chi connectivity index (χ4v) is 2.65. The monoisotopic (exact) mass is 225 g/mol. The van der Waals surface area contributed by atoms with Crippen molar-refractivity contribution in [1.29, 1.82) is 0 Å². The van der Waals surface area contributed by atoms with E-state index in [0.29, 0.717) is 18.1 Å². The van der Waals surface area contributed by atoms with E-state index in [2.05, 4.69) is 29.2 Å². The molecule has 86 valence electrons. The van der Waals surface area contributed by atoms with Crippen LogP contribution in [-0.2, 0) is 4.79 Å². The summed E-state index contributed by atoms with van der Waals surface area (Å²) in [6, 6.07) is 10.4. The minimum atomic E-state index is 0.405. The number of nitrogens with zero attached hydrogens (tertiary/aromatic N) is 1. The second kappa shape index (κ2) is 4.28. The third-order valence-corrected chi connectivity index (χ3v) is 3.58. The molecule has 1 heterocycles. The van der Waals surface area contributed by atoms with Crippen molar-refractivity contribution in [3.05, 3.63) is 42.1 Å². The minimum Gasteiger partial charge on any atom is -0.300 e. The van der Waals surface area contributed by atoms with Gasteiger partial charge in [-0.2, -0.15) is 0 Å². The number of pyridine rings is 1. The van der Waals surface area contributed by atoms with Gasteiger partial charge < -0.3 is 0 Å². The highest BCUT2D eigenvalue weighted by molar-refractivity contribution is 5.81.